The number of aromatic carboxylic acids is 1. The molecule has 1 unspecified atom stereocenters. The number of hydrogen-bond donors (Lipinski definition) is 2. The van der Waals surface area contributed by atoms with Gasteiger partial charge in [-0.2, -0.15) is 0 Å². The van der Waals surface area contributed by atoms with Crippen LogP contribution in [0.4, 0.5) is 5.69 Å². The summed E-state index contributed by atoms with van der Waals surface area (Å²) in [5.74, 6) is 0.466. The minimum absolute atomic E-state index is 0.00370. The molecule has 1 atom stereocenters. The van der Waals surface area contributed by atoms with E-state index in [-0.39, 0.29) is 21.2 Å². The first-order chi connectivity index (χ1) is 14.0. The van der Waals surface area contributed by atoms with Gasteiger partial charge in [-0.3, -0.25) is 0 Å². The maximum Gasteiger partial charge on any atom is 0.337 e. The molecule has 0 saturated carbocycles. The van der Waals surface area contributed by atoms with E-state index in [9.17, 15) is 14.5 Å². The molecule has 0 amide bonds. The Kier molecular flexibility index (Phi) is 7.09. The molecule has 2 aromatic carbocycles. The third-order valence-electron chi connectivity index (χ3n) is 4.11. The molecule has 0 bridgehead atoms. The van der Waals surface area contributed by atoms with Crippen molar-refractivity contribution >= 4 is 34.4 Å². The van der Waals surface area contributed by atoms with E-state index >= 15 is 0 Å². The van der Waals surface area contributed by atoms with Gasteiger partial charge in [0, 0.05) is 11.6 Å². The summed E-state index contributed by atoms with van der Waals surface area (Å²) in [6.07, 6.45) is 1.54. The summed E-state index contributed by atoms with van der Waals surface area (Å²) < 4.78 is 23.5. The number of halogens is 1. The average Bonchev–Trinajstić information content (AvgIpc) is 3.21. The Bertz CT molecular complexity index is 960. The minimum atomic E-state index is -1.51. The van der Waals surface area contributed by atoms with Gasteiger partial charge in [0.25, 0.3) is 0 Å². The fourth-order valence-corrected chi connectivity index (χ4v) is 4.32. The van der Waals surface area contributed by atoms with E-state index in [4.69, 9.17) is 20.8 Å². The van der Waals surface area contributed by atoms with Gasteiger partial charge in [-0.1, -0.05) is 23.7 Å². The van der Waals surface area contributed by atoms with Crippen molar-refractivity contribution in [1.82, 2.24) is 0 Å². The molecule has 0 fully saturated rings. The number of anilines is 1. The Labute approximate surface area is 176 Å². The summed E-state index contributed by atoms with van der Waals surface area (Å²) in [5, 5.41) is 12.8. The van der Waals surface area contributed by atoms with Crippen molar-refractivity contribution in [2.24, 2.45) is 0 Å². The van der Waals surface area contributed by atoms with Gasteiger partial charge in [0.15, 0.2) is 4.90 Å². The highest BCUT2D eigenvalue weighted by Gasteiger charge is 2.22. The van der Waals surface area contributed by atoms with Crippen molar-refractivity contribution in [2.45, 2.75) is 24.1 Å². The molecule has 0 aliphatic rings. The first-order valence-corrected chi connectivity index (χ1v) is 10.6. The summed E-state index contributed by atoms with van der Waals surface area (Å²) in [6, 6.07) is 13.6. The molecule has 8 heteroatoms. The zero-order chi connectivity index (χ0) is 20.8. The average molecular weight is 434 g/mol. The van der Waals surface area contributed by atoms with Crippen molar-refractivity contribution < 1.29 is 23.6 Å². The van der Waals surface area contributed by atoms with Crippen LogP contribution in [0.5, 0.6) is 5.75 Å². The molecule has 1 aromatic heterocycles. The second-order valence-electron chi connectivity index (χ2n) is 6.13. The molecule has 2 N–H and O–H groups in total. The number of rotatable bonds is 9. The highest BCUT2D eigenvalue weighted by molar-refractivity contribution is 7.90. The lowest BCUT2D eigenvalue weighted by Crippen LogP contribution is -2.11. The number of hydrogen-bond acceptors (Lipinski definition) is 5. The predicted octanol–water partition coefficient (Wildman–Crippen LogP) is 4.95. The molecule has 0 aliphatic carbocycles. The molecular weight excluding hydrogens is 414 g/mol. The summed E-state index contributed by atoms with van der Waals surface area (Å²) in [5.41, 5.74) is 1.16. The highest BCUT2D eigenvalue weighted by atomic mass is 35.5. The van der Waals surface area contributed by atoms with Gasteiger partial charge >= 0.3 is 5.97 Å². The number of carbonyl (C=O) groups is 1. The molecule has 6 nitrogen and oxygen atoms in total. The van der Waals surface area contributed by atoms with Crippen LogP contribution in [-0.2, 0) is 23.5 Å². The van der Waals surface area contributed by atoms with Gasteiger partial charge in [0.05, 0.1) is 35.7 Å². The Balaban J connectivity index is 1.78. The SMILES string of the molecule is CCOc1ccc(C[S+]([O-])c2cc(C(=O)O)c(NCc3ccco3)cc2Cl)cc1. The molecule has 1 heterocycles. The van der Waals surface area contributed by atoms with E-state index in [1.165, 1.54) is 18.4 Å². The van der Waals surface area contributed by atoms with E-state index in [0.29, 0.717) is 24.6 Å². The topological polar surface area (TPSA) is 94.8 Å². The molecule has 3 aromatic rings. The van der Waals surface area contributed by atoms with E-state index in [2.05, 4.69) is 5.32 Å². The van der Waals surface area contributed by atoms with Crippen LogP contribution in [0.25, 0.3) is 0 Å². The highest BCUT2D eigenvalue weighted by Crippen LogP contribution is 2.31. The van der Waals surface area contributed by atoms with Crippen molar-refractivity contribution in [3.8, 4) is 5.75 Å². The van der Waals surface area contributed by atoms with Crippen LogP contribution in [0.1, 0.15) is 28.6 Å². The standard InChI is InChI=1S/C21H20ClNO5S/c1-2-27-15-7-5-14(6-8-15)13-29(26)20-10-17(21(24)25)19(11-18(20)22)23-12-16-4-3-9-28-16/h3-11,23H,2,12-13H2,1H3,(H,24,25). The fraction of sp³-hybridized carbons (Fsp3) is 0.190. The lowest BCUT2D eigenvalue weighted by atomic mass is 10.1. The first-order valence-electron chi connectivity index (χ1n) is 8.91. The lowest BCUT2D eigenvalue weighted by Gasteiger charge is -2.15. The van der Waals surface area contributed by atoms with Gasteiger partial charge in [-0.15, -0.1) is 0 Å². The lowest BCUT2D eigenvalue weighted by molar-refractivity contribution is 0.0697. The molecule has 0 aliphatic heterocycles. The van der Waals surface area contributed by atoms with Crippen molar-refractivity contribution in [2.75, 3.05) is 11.9 Å². The van der Waals surface area contributed by atoms with Gasteiger partial charge < -0.3 is 24.1 Å². The third kappa shape index (κ3) is 5.47. The van der Waals surface area contributed by atoms with Crippen LogP contribution in [0.3, 0.4) is 0 Å². The second-order valence-corrected chi connectivity index (χ2v) is 7.96. The third-order valence-corrected chi connectivity index (χ3v) is 5.96. The number of carboxylic acids is 1. The number of ether oxygens (including phenoxy) is 1. The van der Waals surface area contributed by atoms with E-state index in [1.54, 1.807) is 12.1 Å². The first kappa shape index (κ1) is 21.1. The number of benzene rings is 2. The van der Waals surface area contributed by atoms with Gasteiger partial charge in [-0.25, -0.2) is 4.79 Å². The van der Waals surface area contributed by atoms with Crippen molar-refractivity contribution in [3.63, 3.8) is 0 Å². The summed E-state index contributed by atoms with van der Waals surface area (Å²) in [6.45, 7) is 2.77. The molecule has 0 spiro atoms. The fourth-order valence-electron chi connectivity index (χ4n) is 2.72. The van der Waals surface area contributed by atoms with E-state index < -0.39 is 17.1 Å². The molecule has 29 heavy (non-hydrogen) atoms. The number of carboxylic acid groups (broad SMARTS) is 1. The van der Waals surface area contributed by atoms with Gasteiger partial charge in [-0.05, 0) is 48.4 Å². The minimum Gasteiger partial charge on any atom is -0.611 e. The Morgan fingerprint density at radius 1 is 1.28 bits per heavy atom. The Morgan fingerprint density at radius 3 is 2.66 bits per heavy atom. The number of nitrogens with one attached hydrogen (secondary N) is 1. The Morgan fingerprint density at radius 2 is 2.03 bits per heavy atom. The van der Waals surface area contributed by atoms with E-state index in [1.807, 2.05) is 31.2 Å². The zero-order valence-electron chi connectivity index (χ0n) is 15.7. The van der Waals surface area contributed by atoms with Crippen LogP contribution in [0, 0.1) is 0 Å². The maximum absolute atomic E-state index is 12.8. The van der Waals surface area contributed by atoms with E-state index in [0.717, 1.165) is 11.3 Å². The van der Waals surface area contributed by atoms with Crippen LogP contribution in [0.2, 0.25) is 5.02 Å². The quantitative estimate of drug-likeness (QED) is 0.463. The molecule has 152 valence electrons. The predicted molar refractivity (Wildman–Crippen MR) is 112 cm³/mol. The smallest absolute Gasteiger partial charge is 0.337 e. The number of furan rings is 1. The van der Waals surface area contributed by atoms with Crippen molar-refractivity contribution in [1.29, 1.82) is 0 Å². The van der Waals surface area contributed by atoms with Gasteiger partial charge in [0.2, 0.25) is 0 Å². The maximum atomic E-state index is 12.8. The monoisotopic (exact) mass is 433 g/mol. The zero-order valence-corrected chi connectivity index (χ0v) is 17.3. The van der Waals surface area contributed by atoms with Gasteiger partial charge in [0.1, 0.15) is 17.3 Å². The summed E-state index contributed by atoms with van der Waals surface area (Å²) in [4.78, 5) is 12.0. The summed E-state index contributed by atoms with van der Waals surface area (Å²) >= 11 is 4.82. The molecular formula is C21H20ClNO5S. The second kappa shape index (κ2) is 9.73. The molecule has 0 saturated heterocycles. The molecule has 0 radical (unpaired) electrons. The summed E-state index contributed by atoms with van der Waals surface area (Å²) in [7, 11) is 0. The largest absolute Gasteiger partial charge is 0.611 e. The normalized spacial score (nSPS) is 11.8. The van der Waals surface area contributed by atoms with Crippen LogP contribution in [-0.4, -0.2) is 22.2 Å². The molecule has 3 rings (SSSR count). The van der Waals surface area contributed by atoms with Crippen LogP contribution in [0.15, 0.2) is 64.1 Å². The van der Waals surface area contributed by atoms with Crippen LogP contribution >= 0.6 is 11.6 Å². The van der Waals surface area contributed by atoms with Crippen LogP contribution < -0.4 is 10.1 Å². The Hall–Kier alpha value is -2.61. The van der Waals surface area contributed by atoms with Crippen molar-refractivity contribution in [3.05, 3.63) is 76.7 Å².